The van der Waals surface area contributed by atoms with Gasteiger partial charge in [-0.2, -0.15) is 0 Å². The van der Waals surface area contributed by atoms with Gasteiger partial charge in [0.1, 0.15) is 5.01 Å². The zero-order valence-corrected chi connectivity index (χ0v) is 14.1. The van der Waals surface area contributed by atoms with Crippen molar-refractivity contribution < 1.29 is 14.3 Å². The molecule has 24 heavy (non-hydrogen) atoms. The van der Waals surface area contributed by atoms with Crippen LogP contribution in [0, 0.1) is 0 Å². The first-order valence-electron chi connectivity index (χ1n) is 8.08. The summed E-state index contributed by atoms with van der Waals surface area (Å²) in [5, 5.41) is 2.99. The summed E-state index contributed by atoms with van der Waals surface area (Å²) in [7, 11) is 0. The molecule has 2 aromatic rings. The third-order valence-electron chi connectivity index (χ3n) is 4.48. The minimum atomic E-state index is -0.235. The first-order valence-corrected chi connectivity index (χ1v) is 8.96. The van der Waals surface area contributed by atoms with Crippen LogP contribution in [0.1, 0.15) is 25.0 Å². The van der Waals surface area contributed by atoms with Gasteiger partial charge in [0.05, 0.1) is 11.7 Å². The number of piperidine rings is 1. The lowest BCUT2D eigenvalue weighted by molar-refractivity contribution is -0.124. The Labute approximate surface area is 144 Å². The molecule has 0 aliphatic carbocycles. The smallest absolute Gasteiger partial charge is 0.234 e. The first-order chi connectivity index (χ1) is 11.7. The highest BCUT2D eigenvalue weighted by Crippen LogP contribution is 2.36. The van der Waals surface area contributed by atoms with E-state index in [0.717, 1.165) is 53.6 Å². The van der Waals surface area contributed by atoms with Gasteiger partial charge >= 0.3 is 0 Å². The normalized spacial score (nSPS) is 20.2. The van der Waals surface area contributed by atoms with Gasteiger partial charge in [0.15, 0.2) is 11.5 Å². The van der Waals surface area contributed by atoms with E-state index in [-0.39, 0.29) is 18.7 Å². The molecular formula is C17H19N3O3S. The van der Waals surface area contributed by atoms with Gasteiger partial charge < -0.3 is 15.2 Å². The molecule has 1 fully saturated rings. The number of benzene rings is 1. The molecule has 0 spiro atoms. The van der Waals surface area contributed by atoms with E-state index in [4.69, 9.17) is 20.2 Å². The molecule has 2 aliphatic rings. The number of fused-ring (bicyclic) bond motifs is 1. The molecule has 2 aliphatic heterocycles. The fourth-order valence-corrected chi connectivity index (χ4v) is 4.06. The average Bonchev–Trinajstić information content (AvgIpc) is 3.23. The molecule has 0 bridgehead atoms. The van der Waals surface area contributed by atoms with E-state index in [1.165, 1.54) is 0 Å². The molecule has 1 amide bonds. The highest BCUT2D eigenvalue weighted by Gasteiger charge is 2.27. The molecule has 1 atom stereocenters. The summed E-state index contributed by atoms with van der Waals surface area (Å²) < 4.78 is 10.8. The first kappa shape index (κ1) is 15.4. The number of nitrogens with zero attached hydrogens (tertiary/aromatic N) is 2. The molecule has 7 heteroatoms. The van der Waals surface area contributed by atoms with Crippen molar-refractivity contribution in [1.82, 2.24) is 9.88 Å². The van der Waals surface area contributed by atoms with E-state index in [1.54, 1.807) is 11.3 Å². The molecule has 3 heterocycles. The van der Waals surface area contributed by atoms with Crippen LogP contribution < -0.4 is 15.2 Å². The number of carbonyl (C=O) groups is 1. The average molecular weight is 345 g/mol. The predicted octanol–water partition coefficient (Wildman–Crippen LogP) is 2.38. The SMILES string of the molecule is NC(=O)[C@H]1CCCCN1Cc1csc(-c2ccc3c(c2)OCO3)n1. The summed E-state index contributed by atoms with van der Waals surface area (Å²) in [6.07, 6.45) is 3.00. The predicted molar refractivity (Wildman–Crippen MR) is 90.9 cm³/mol. The Morgan fingerprint density at radius 1 is 1.33 bits per heavy atom. The molecule has 1 aromatic heterocycles. The second-order valence-electron chi connectivity index (χ2n) is 6.10. The molecule has 0 radical (unpaired) electrons. The van der Waals surface area contributed by atoms with Crippen LogP contribution >= 0.6 is 11.3 Å². The summed E-state index contributed by atoms with van der Waals surface area (Å²) in [4.78, 5) is 18.5. The number of likely N-dealkylation sites (tertiary alicyclic amines) is 1. The van der Waals surface area contributed by atoms with Crippen LogP contribution in [0.4, 0.5) is 0 Å². The number of hydrogen-bond donors (Lipinski definition) is 1. The van der Waals surface area contributed by atoms with Crippen LogP contribution in [-0.4, -0.2) is 35.2 Å². The van der Waals surface area contributed by atoms with Gasteiger partial charge in [0.2, 0.25) is 12.7 Å². The second kappa shape index (κ2) is 6.41. The van der Waals surface area contributed by atoms with Gasteiger partial charge in [-0.15, -0.1) is 11.3 Å². The Morgan fingerprint density at radius 2 is 2.21 bits per heavy atom. The van der Waals surface area contributed by atoms with Crippen molar-refractivity contribution >= 4 is 17.2 Å². The van der Waals surface area contributed by atoms with Crippen molar-refractivity contribution in [3.8, 4) is 22.1 Å². The molecule has 126 valence electrons. The van der Waals surface area contributed by atoms with Crippen LogP contribution in [0.5, 0.6) is 11.5 Å². The van der Waals surface area contributed by atoms with Crippen LogP contribution in [0.2, 0.25) is 0 Å². The van der Waals surface area contributed by atoms with E-state index < -0.39 is 0 Å². The number of amides is 1. The maximum atomic E-state index is 11.6. The summed E-state index contributed by atoms with van der Waals surface area (Å²) >= 11 is 1.60. The maximum Gasteiger partial charge on any atom is 0.234 e. The van der Waals surface area contributed by atoms with Crippen molar-refractivity contribution in [3.63, 3.8) is 0 Å². The monoisotopic (exact) mass is 345 g/mol. The Morgan fingerprint density at radius 3 is 3.08 bits per heavy atom. The highest BCUT2D eigenvalue weighted by molar-refractivity contribution is 7.13. The Bertz CT molecular complexity index is 761. The minimum Gasteiger partial charge on any atom is -0.454 e. The zero-order chi connectivity index (χ0) is 16.5. The lowest BCUT2D eigenvalue weighted by Crippen LogP contribution is -2.47. The van der Waals surface area contributed by atoms with Gasteiger partial charge in [-0.05, 0) is 37.6 Å². The van der Waals surface area contributed by atoms with Crippen LogP contribution in [-0.2, 0) is 11.3 Å². The largest absolute Gasteiger partial charge is 0.454 e. The number of rotatable bonds is 4. The maximum absolute atomic E-state index is 11.6. The molecular weight excluding hydrogens is 326 g/mol. The Balaban J connectivity index is 1.51. The number of hydrogen-bond acceptors (Lipinski definition) is 6. The van der Waals surface area contributed by atoms with Crippen LogP contribution in [0.3, 0.4) is 0 Å². The number of thiazole rings is 1. The lowest BCUT2D eigenvalue weighted by Gasteiger charge is -2.32. The van der Waals surface area contributed by atoms with Crippen molar-refractivity contribution in [2.24, 2.45) is 5.73 Å². The van der Waals surface area contributed by atoms with Crippen LogP contribution in [0.15, 0.2) is 23.6 Å². The molecule has 1 saturated heterocycles. The van der Waals surface area contributed by atoms with Gasteiger partial charge in [-0.1, -0.05) is 6.42 Å². The Hall–Kier alpha value is -2.12. The number of primary amides is 1. The fraction of sp³-hybridized carbons (Fsp3) is 0.412. The second-order valence-corrected chi connectivity index (χ2v) is 6.95. The van der Waals surface area contributed by atoms with Gasteiger partial charge in [-0.25, -0.2) is 4.98 Å². The fourth-order valence-electron chi connectivity index (χ4n) is 3.25. The molecule has 0 saturated carbocycles. The van der Waals surface area contributed by atoms with Gasteiger partial charge in [-0.3, -0.25) is 9.69 Å². The third kappa shape index (κ3) is 2.97. The summed E-state index contributed by atoms with van der Waals surface area (Å²) in [6.45, 7) is 1.82. The molecule has 1 aromatic carbocycles. The quantitative estimate of drug-likeness (QED) is 0.920. The lowest BCUT2D eigenvalue weighted by atomic mass is 10.0. The molecule has 6 nitrogen and oxygen atoms in total. The van der Waals surface area contributed by atoms with Crippen molar-refractivity contribution in [3.05, 3.63) is 29.3 Å². The van der Waals surface area contributed by atoms with E-state index in [0.29, 0.717) is 6.54 Å². The number of nitrogens with two attached hydrogens (primary N) is 1. The molecule has 2 N–H and O–H groups in total. The molecule has 0 unspecified atom stereocenters. The zero-order valence-electron chi connectivity index (χ0n) is 13.2. The van der Waals surface area contributed by atoms with Crippen molar-refractivity contribution in [2.45, 2.75) is 31.8 Å². The van der Waals surface area contributed by atoms with Crippen LogP contribution in [0.25, 0.3) is 10.6 Å². The highest BCUT2D eigenvalue weighted by atomic mass is 32.1. The van der Waals surface area contributed by atoms with E-state index in [1.807, 2.05) is 23.6 Å². The summed E-state index contributed by atoms with van der Waals surface area (Å²) in [6, 6.07) is 5.68. The molecule has 4 rings (SSSR count). The van der Waals surface area contributed by atoms with Crippen molar-refractivity contribution in [1.29, 1.82) is 0 Å². The van der Waals surface area contributed by atoms with Gasteiger partial charge in [0, 0.05) is 17.5 Å². The third-order valence-corrected chi connectivity index (χ3v) is 5.42. The van der Waals surface area contributed by atoms with Crippen molar-refractivity contribution in [2.75, 3.05) is 13.3 Å². The van der Waals surface area contributed by atoms with E-state index in [9.17, 15) is 4.79 Å². The van der Waals surface area contributed by atoms with E-state index in [2.05, 4.69) is 4.90 Å². The topological polar surface area (TPSA) is 77.7 Å². The van der Waals surface area contributed by atoms with E-state index >= 15 is 0 Å². The standard InChI is InChI=1S/C17H19N3O3S/c18-16(21)13-3-1-2-6-20(13)8-12-9-24-17(19-12)11-4-5-14-15(7-11)23-10-22-14/h4-5,7,9,13H,1-3,6,8,10H2,(H2,18,21)/t13-/m1/s1. The van der Waals surface area contributed by atoms with Gasteiger partial charge in [0.25, 0.3) is 0 Å². The Kier molecular flexibility index (Phi) is 4.12. The summed E-state index contributed by atoms with van der Waals surface area (Å²) in [5.41, 5.74) is 7.52. The number of aromatic nitrogens is 1. The number of ether oxygens (including phenoxy) is 2. The summed E-state index contributed by atoms with van der Waals surface area (Å²) in [5.74, 6) is 1.29. The number of carbonyl (C=O) groups excluding carboxylic acids is 1. The minimum absolute atomic E-state index is 0.172.